The summed E-state index contributed by atoms with van der Waals surface area (Å²) in [6, 6.07) is -0.396. The van der Waals surface area contributed by atoms with Crippen LogP contribution in [0, 0.1) is 17.8 Å². The summed E-state index contributed by atoms with van der Waals surface area (Å²) in [5.41, 5.74) is 0. The number of alkyl halides is 1. The summed E-state index contributed by atoms with van der Waals surface area (Å²) in [5.74, 6) is 1.22. The van der Waals surface area contributed by atoms with Crippen LogP contribution in [0.5, 0.6) is 0 Å². The Bertz CT molecular complexity index is 452. The van der Waals surface area contributed by atoms with Crippen LogP contribution in [0.3, 0.4) is 0 Å². The molecule has 2 aliphatic carbocycles. The first-order valence-electron chi connectivity index (χ1n) is 6.63. The van der Waals surface area contributed by atoms with Gasteiger partial charge in [-0.05, 0) is 24.7 Å². The minimum atomic E-state index is -3.07. The first kappa shape index (κ1) is 12.7. The van der Waals surface area contributed by atoms with E-state index >= 15 is 0 Å². The third-order valence-corrected chi connectivity index (χ3v) is 6.95. The first-order chi connectivity index (χ1) is 8.48. The second-order valence-electron chi connectivity index (χ2n) is 5.85. The highest BCUT2D eigenvalue weighted by Crippen LogP contribution is 2.55. The molecule has 0 spiro atoms. The number of carbonyl (C=O) groups excluding carboxylic acids is 1. The van der Waals surface area contributed by atoms with E-state index < -0.39 is 21.3 Å². The zero-order valence-corrected chi connectivity index (χ0v) is 11.7. The number of hydrogen-bond donors (Lipinski definition) is 1. The van der Waals surface area contributed by atoms with Crippen molar-refractivity contribution in [2.75, 3.05) is 11.5 Å². The van der Waals surface area contributed by atoms with Crippen LogP contribution in [0.15, 0.2) is 0 Å². The molecule has 1 aliphatic heterocycles. The molecule has 1 saturated heterocycles. The molecule has 2 saturated carbocycles. The Hall–Kier alpha value is -0.290. The summed E-state index contributed by atoms with van der Waals surface area (Å²) in [4.78, 5) is 12.1. The van der Waals surface area contributed by atoms with Crippen molar-refractivity contribution in [3.63, 3.8) is 0 Å². The third kappa shape index (κ3) is 2.27. The van der Waals surface area contributed by atoms with Gasteiger partial charge in [-0.2, -0.15) is 0 Å². The Labute approximate surface area is 112 Å². The fourth-order valence-corrected chi connectivity index (χ4v) is 6.15. The number of halogens is 1. The SMILES string of the molecule is O=C(NC1CS(=O)(=O)CC1Cl)C1C2CCCCC21. The minimum absolute atomic E-state index is 0.00500. The number of rotatable bonds is 2. The van der Waals surface area contributed by atoms with Gasteiger partial charge in [0.1, 0.15) is 0 Å². The van der Waals surface area contributed by atoms with Gasteiger partial charge in [0.15, 0.2) is 9.84 Å². The van der Waals surface area contributed by atoms with E-state index in [-0.39, 0.29) is 23.3 Å². The van der Waals surface area contributed by atoms with Crippen LogP contribution in [0.4, 0.5) is 0 Å². The Kier molecular flexibility index (Phi) is 3.09. The molecule has 102 valence electrons. The molecule has 3 aliphatic rings. The Morgan fingerprint density at radius 2 is 1.72 bits per heavy atom. The van der Waals surface area contributed by atoms with Gasteiger partial charge < -0.3 is 5.32 Å². The smallest absolute Gasteiger partial charge is 0.223 e. The molecule has 1 heterocycles. The van der Waals surface area contributed by atoms with Gasteiger partial charge in [-0.1, -0.05) is 12.8 Å². The largest absolute Gasteiger partial charge is 0.351 e. The van der Waals surface area contributed by atoms with Crippen molar-refractivity contribution < 1.29 is 13.2 Å². The van der Waals surface area contributed by atoms with Crippen molar-refractivity contribution in [1.82, 2.24) is 5.32 Å². The van der Waals surface area contributed by atoms with Crippen molar-refractivity contribution in [3.8, 4) is 0 Å². The van der Waals surface area contributed by atoms with E-state index in [1.807, 2.05) is 0 Å². The number of amides is 1. The number of hydrogen-bond acceptors (Lipinski definition) is 3. The fourth-order valence-electron chi connectivity index (χ4n) is 3.60. The van der Waals surface area contributed by atoms with Gasteiger partial charge in [0, 0.05) is 5.92 Å². The van der Waals surface area contributed by atoms with Crippen LogP contribution in [0.1, 0.15) is 25.7 Å². The quantitative estimate of drug-likeness (QED) is 0.770. The van der Waals surface area contributed by atoms with Crippen LogP contribution < -0.4 is 5.32 Å². The first-order valence-corrected chi connectivity index (χ1v) is 8.88. The zero-order valence-electron chi connectivity index (χ0n) is 10.1. The van der Waals surface area contributed by atoms with Crippen LogP contribution in [-0.4, -0.2) is 37.2 Å². The lowest BCUT2D eigenvalue weighted by molar-refractivity contribution is -0.123. The monoisotopic (exact) mass is 291 g/mol. The van der Waals surface area contributed by atoms with Crippen molar-refractivity contribution >= 4 is 27.3 Å². The molecule has 4 unspecified atom stereocenters. The molecule has 4 atom stereocenters. The maximum absolute atomic E-state index is 12.1. The number of nitrogens with one attached hydrogen (secondary N) is 1. The minimum Gasteiger partial charge on any atom is -0.351 e. The van der Waals surface area contributed by atoms with Gasteiger partial charge in [0.05, 0.1) is 22.9 Å². The van der Waals surface area contributed by atoms with Crippen LogP contribution >= 0.6 is 11.6 Å². The summed E-state index contributed by atoms with van der Waals surface area (Å²) >= 11 is 5.99. The summed E-state index contributed by atoms with van der Waals surface area (Å²) in [7, 11) is -3.07. The Morgan fingerprint density at radius 1 is 1.11 bits per heavy atom. The summed E-state index contributed by atoms with van der Waals surface area (Å²) < 4.78 is 22.9. The highest BCUT2D eigenvalue weighted by molar-refractivity contribution is 7.91. The molecule has 1 amide bonds. The number of carbonyl (C=O) groups is 1. The topological polar surface area (TPSA) is 63.2 Å². The molecule has 0 radical (unpaired) electrons. The molecule has 1 N–H and O–H groups in total. The summed E-state index contributed by atoms with van der Waals surface area (Å²) in [6.45, 7) is 0. The normalized spacial score (nSPS) is 45.3. The molecule has 0 aromatic heterocycles. The molecular formula is C12H18ClNO3S. The summed E-state index contributed by atoms with van der Waals surface area (Å²) in [5, 5.41) is 2.38. The molecule has 0 aromatic carbocycles. The molecular weight excluding hydrogens is 274 g/mol. The van der Waals surface area contributed by atoms with E-state index in [1.54, 1.807) is 0 Å². The van der Waals surface area contributed by atoms with Gasteiger partial charge in [-0.3, -0.25) is 4.79 Å². The van der Waals surface area contributed by atoms with Crippen LogP contribution in [-0.2, 0) is 14.6 Å². The molecule has 6 heteroatoms. The standard InChI is InChI=1S/C12H18ClNO3S/c13-9-5-18(16,17)6-10(9)14-12(15)11-7-3-1-2-4-8(7)11/h7-11H,1-6H2,(H,14,15). The van der Waals surface area contributed by atoms with Crippen molar-refractivity contribution in [1.29, 1.82) is 0 Å². The van der Waals surface area contributed by atoms with E-state index in [1.165, 1.54) is 12.8 Å². The van der Waals surface area contributed by atoms with Gasteiger partial charge in [-0.15, -0.1) is 11.6 Å². The van der Waals surface area contributed by atoms with Crippen molar-refractivity contribution in [2.24, 2.45) is 17.8 Å². The fraction of sp³-hybridized carbons (Fsp3) is 0.917. The highest BCUT2D eigenvalue weighted by Gasteiger charge is 2.55. The third-order valence-electron chi connectivity index (χ3n) is 4.57. The maximum Gasteiger partial charge on any atom is 0.223 e. The second-order valence-corrected chi connectivity index (χ2v) is 8.56. The zero-order chi connectivity index (χ0) is 12.9. The van der Waals surface area contributed by atoms with Crippen molar-refractivity contribution in [2.45, 2.75) is 37.1 Å². The van der Waals surface area contributed by atoms with E-state index in [4.69, 9.17) is 11.6 Å². The molecule has 18 heavy (non-hydrogen) atoms. The lowest BCUT2D eigenvalue weighted by atomic mass is 10.0. The molecule has 0 aromatic rings. The van der Waals surface area contributed by atoms with Crippen LogP contribution in [0.2, 0.25) is 0 Å². The summed E-state index contributed by atoms with van der Waals surface area (Å²) in [6.07, 6.45) is 4.74. The number of fused-ring (bicyclic) bond motifs is 1. The van der Waals surface area contributed by atoms with Crippen LogP contribution in [0.25, 0.3) is 0 Å². The molecule has 4 nitrogen and oxygen atoms in total. The lowest BCUT2D eigenvalue weighted by Crippen LogP contribution is -2.41. The van der Waals surface area contributed by atoms with Crippen molar-refractivity contribution in [3.05, 3.63) is 0 Å². The average Bonchev–Trinajstić information content (AvgIpc) is 2.94. The average molecular weight is 292 g/mol. The van der Waals surface area contributed by atoms with E-state index in [0.29, 0.717) is 11.8 Å². The molecule has 3 fully saturated rings. The van der Waals surface area contributed by atoms with E-state index in [0.717, 1.165) is 12.8 Å². The molecule has 0 bridgehead atoms. The van der Waals surface area contributed by atoms with E-state index in [9.17, 15) is 13.2 Å². The lowest BCUT2D eigenvalue weighted by Gasteiger charge is -2.14. The maximum atomic E-state index is 12.1. The van der Waals surface area contributed by atoms with Gasteiger partial charge in [-0.25, -0.2) is 8.42 Å². The van der Waals surface area contributed by atoms with Gasteiger partial charge >= 0.3 is 0 Å². The van der Waals surface area contributed by atoms with E-state index in [2.05, 4.69) is 5.32 Å². The second kappa shape index (κ2) is 4.37. The Balaban J connectivity index is 1.59. The van der Waals surface area contributed by atoms with Gasteiger partial charge in [0.25, 0.3) is 0 Å². The molecule has 3 rings (SSSR count). The van der Waals surface area contributed by atoms with Gasteiger partial charge in [0.2, 0.25) is 5.91 Å². The highest BCUT2D eigenvalue weighted by atomic mass is 35.5. The predicted molar refractivity (Wildman–Crippen MR) is 69.2 cm³/mol. The predicted octanol–water partition coefficient (Wildman–Crippen LogP) is 0.943. The number of sulfone groups is 1. The Morgan fingerprint density at radius 3 is 2.22 bits per heavy atom.